The summed E-state index contributed by atoms with van der Waals surface area (Å²) >= 11 is 0. The zero-order valence-electron chi connectivity index (χ0n) is 27.6. The highest BCUT2D eigenvalue weighted by Gasteiger charge is 2.54. The van der Waals surface area contributed by atoms with Crippen LogP contribution in [-0.4, -0.2) is 176 Å². The maximum absolute atomic E-state index is 11.4. The van der Waals surface area contributed by atoms with Crippen LogP contribution in [0.2, 0.25) is 0 Å². The number of aliphatic hydroxyl groups is 9. The van der Waals surface area contributed by atoms with E-state index in [4.69, 9.17) is 42.6 Å². The van der Waals surface area contributed by atoms with Crippen LogP contribution in [0.1, 0.15) is 27.7 Å². The van der Waals surface area contributed by atoms with Crippen molar-refractivity contribution in [3.63, 3.8) is 0 Å². The summed E-state index contributed by atoms with van der Waals surface area (Å²) in [5, 5.41) is 96.5. The van der Waals surface area contributed by atoms with Crippen LogP contribution in [-0.2, 0) is 33.2 Å². The van der Waals surface area contributed by atoms with Gasteiger partial charge in [0.05, 0.1) is 31.5 Å². The lowest BCUT2D eigenvalue weighted by Gasteiger charge is -2.49. The Balaban J connectivity index is 1.34. The number of methoxy groups -OCH3 is 1. The van der Waals surface area contributed by atoms with E-state index in [1.165, 1.54) is 34.8 Å². The number of rotatable bonds is 9. The maximum Gasteiger partial charge on any atom is 0.229 e. The molecule has 280 valence electrons. The number of benzene rings is 1. The average Bonchev–Trinajstić information content (AvgIpc) is 3.08. The van der Waals surface area contributed by atoms with Gasteiger partial charge in [0.1, 0.15) is 78.6 Å². The van der Waals surface area contributed by atoms with Gasteiger partial charge in [0.2, 0.25) is 6.29 Å². The summed E-state index contributed by atoms with van der Waals surface area (Å²) in [6, 6.07) is 6.45. The lowest BCUT2D eigenvalue weighted by Crippen LogP contribution is -2.66. The van der Waals surface area contributed by atoms with Crippen molar-refractivity contribution in [2.75, 3.05) is 7.11 Å². The lowest BCUT2D eigenvalue weighted by atomic mass is 9.96. The van der Waals surface area contributed by atoms with Gasteiger partial charge in [-0.2, -0.15) is 0 Å². The third kappa shape index (κ3) is 8.00. The van der Waals surface area contributed by atoms with Gasteiger partial charge >= 0.3 is 0 Å². The first kappa shape index (κ1) is 38.4. The molecule has 9 N–H and O–H groups in total. The topological polar surface area (TPSA) is 265 Å². The fraction of sp³-hybridized carbons (Fsp3) is 0.806. The van der Waals surface area contributed by atoms with Gasteiger partial charge in [0.25, 0.3) is 0 Å². The lowest BCUT2D eigenvalue weighted by molar-refractivity contribution is -0.392. The predicted octanol–water partition coefficient (Wildman–Crippen LogP) is -3.54. The molecule has 4 aliphatic heterocycles. The molecule has 0 spiro atoms. The van der Waals surface area contributed by atoms with Gasteiger partial charge in [0, 0.05) is 0 Å². The van der Waals surface area contributed by atoms with E-state index in [1.807, 2.05) is 0 Å². The van der Waals surface area contributed by atoms with Gasteiger partial charge in [0.15, 0.2) is 25.0 Å². The second-order valence-corrected chi connectivity index (χ2v) is 12.8. The molecule has 5 rings (SSSR count). The molecule has 4 fully saturated rings. The molecule has 1 aromatic rings. The van der Waals surface area contributed by atoms with Crippen molar-refractivity contribution in [2.24, 2.45) is 0 Å². The summed E-state index contributed by atoms with van der Waals surface area (Å²) in [4.78, 5) is 0. The Morgan fingerprint density at radius 1 is 0.408 bits per heavy atom. The minimum atomic E-state index is -1.81. The van der Waals surface area contributed by atoms with Crippen LogP contribution in [0, 0.1) is 0 Å². The fourth-order valence-corrected chi connectivity index (χ4v) is 6.15. The molecule has 0 bridgehead atoms. The van der Waals surface area contributed by atoms with E-state index in [1.54, 1.807) is 24.3 Å². The molecule has 1 aromatic carbocycles. The molecule has 4 heterocycles. The van der Waals surface area contributed by atoms with E-state index in [2.05, 4.69) is 0 Å². The highest BCUT2D eigenvalue weighted by atomic mass is 16.8. The summed E-state index contributed by atoms with van der Waals surface area (Å²) in [6.45, 7) is 5.83. The first-order valence-electron chi connectivity index (χ1n) is 16.1. The molecule has 4 aliphatic rings. The highest BCUT2D eigenvalue weighted by Crippen LogP contribution is 2.35. The monoisotopic (exact) mass is 708 g/mol. The molecular weight excluding hydrogens is 660 g/mol. The molecule has 0 saturated carbocycles. The van der Waals surface area contributed by atoms with E-state index >= 15 is 0 Å². The SMILES string of the molecule is COc1ccc(O[C@@H]2O[C@@H](C)[C@@H](O)[C@@H](O)[C@H]2O[C@@H]2O[C@@H](C)[C@@H](O)[C@@H](O[C@@H]3O[C@@H](C)[C@@H](O)[C@@H](O)[C@H]3O[C@@H]3O[C@@H](C)[C@@H](O)[C@@H](O)[C@H]3O)[C@H]2O)cc1. The minimum Gasteiger partial charge on any atom is -0.497 e. The fourth-order valence-electron chi connectivity index (χ4n) is 6.15. The number of aliphatic hydroxyl groups excluding tert-OH is 9. The Hall–Kier alpha value is -1.82. The van der Waals surface area contributed by atoms with Crippen molar-refractivity contribution in [1.29, 1.82) is 0 Å². The Labute approximate surface area is 282 Å². The standard InChI is InChI=1S/C31H48O18/c1-10-16(32)20(36)23(39)28(42-10)48-27-22(38)18(34)12(3)45-31(27)47-25-19(35)13(4)43-29(24(25)40)49-26-21(37)17(33)11(2)44-30(26)46-15-8-6-14(41-5)7-9-15/h6-13,16-40H,1-5H3/t10-,11-,12-,13-,16+,17+,18+,19+,20+,21+,22+,23+,24+,25+,26+,27+,28-,29-,30-,31-/m0/s1. The molecule has 49 heavy (non-hydrogen) atoms. The van der Waals surface area contributed by atoms with E-state index in [9.17, 15) is 46.0 Å². The van der Waals surface area contributed by atoms with E-state index in [-0.39, 0.29) is 0 Å². The Morgan fingerprint density at radius 2 is 0.796 bits per heavy atom. The molecule has 0 aromatic heterocycles. The van der Waals surface area contributed by atoms with Gasteiger partial charge in [-0.1, -0.05) is 0 Å². The Bertz CT molecular complexity index is 1190. The van der Waals surface area contributed by atoms with Crippen LogP contribution in [0.5, 0.6) is 11.5 Å². The molecule has 18 nitrogen and oxygen atoms in total. The largest absolute Gasteiger partial charge is 0.497 e. The molecule has 4 saturated heterocycles. The van der Waals surface area contributed by atoms with E-state index in [0.717, 1.165) is 0 Å². The third-order valence-corrected chi connectivity index (χ3v) is 9.34. The van der Waals surface area contributed by atoms with E-state index < -0.39 is 123 Å². The zero-order valence-corrected chi connectivity index (χ0v) is 27.6. The zero-order chi connectivity index (χ0) is 35.9. The van der Waals surface area contributed by atoms with Crippen molar-refractivity contribution in [3.8, 4) is 11.5 Å². The summed E-state index contributed by atoms with van der Waals surface area (Å²) in [6.07, 6.45) is -29.3. The van der Waals surface area contributed by atoms with Crippen molar-refractivity contribution in [1.82, 2.24) is 0 Å². The third-order valence-electron chi connectivity index (χ3n) is 9.34. The summed E-state index contributed by atoms with van der Waals surface area (Å²) in [7, 11) is 1.50. The molecule has 0 amide bonds. The average molecular weight is 709 g/mol. The Morgan fingerprint density at radius 3 is 1.33 bits per heavy atom. The van der Waals surface area contributed by atoms with Crippen LogP contribution >= 0.6 is 0 Å². The van der Waals surface area contributed by atoms with Crippen LogP contribution in [0.4, 0.5) is 0 Å². The molecule has 20 atom stereocenters. The summed E-state index contributed by atoms with van der Waals surface area (Å²) in [5.74, 6) is 0.870. The second kappa shape index (κ2) is 15.8. The normalized spacial score (nSPS) is 49.3. The Kier molecular flexibility index (Phi) is 12.4. The van der Waals surface area contributed by atoms with Crippen molar-refractivity contribution >= 4 is 0 Å². The van der Waals surface area contributed by atoms with Gasteiger partial charge in [-0.25, -0.2) is 0 Å². The van der Waals surface area contributed by atoms with E-state index in [0.29, 0.717) is 11.5 Å². The smallest absolute Gasteiger partial charge is 0.229 e. The van der Waals surface area contributed by atoms with Crippen LogP contribution in [0.3, 0.4) is 0 Å². The summed E-state index contributed by atoms with van der Waals surface area (Å²) in [5.41, 5.74) is 0. The summed E-state index contributed by atoms with van der Waals surface area (Å²) < 4.78 is 51.6. The first-order valence-corrected chi connectivity index (χ1v) is 16.1. The minimum absolute atomic E-state index is 0.309. The van der Waals surface area contributed by atoms with Crippen LogP contribution in [0.15, 0.2) is 24.3 Å². The van der Waals surface area contributed by atoms with Gasteiger partial charge < -0.3 is 88.6 Å². The maximum atomic E-state index is 11.4. The quantitative estimate of drug-likeness (QED) is 0.120. The van der Waals surface area contributed by atoms with Gasteiger partial charge in [-0.05, 0) is 52.0 Å². The second-order valence-electron chi connectivity index (χ2n) is 12.8. The van der Waals surface area contributed by atoms with Crippen LogP contribution < -0.4 is 9.47 Å². The number of hydrogen-bond donors (Lipinski definition) is 9. The number of hydrogen-bond acceptors (Lipinski definition) is 18. The van der Waals surface area contributed by atoms with Crippen molar-refractivity contribution in [3.05, 3.63) is 24.3 Å². The van der Waals surface area contributed by atoms with Crippen molar-refractivity contribution < 1.29 is 88.6 Å². The van der Waals surface area contributed by atoms with Gasteiger partial charge in [-0.15, -0.1) is 0 Å². The predicted molar refractivity (Wildman–Crippen MR) is 160 cm³/mol. The molecule has 0 radical (unpaired) electrons. The number of ether oxygens (including phenoxy) is 9. The van der Waals surface area contributed by atoms with Gasteiger partial charge in [-0.3, -0.25) is 0 Å². The van der Waals surface area contributed by atoms with Crippen molar-refractivity contribution in [2.45, 2.75) is 151 Å². The van der Waals surface area contributed by atoms with Crippen LogP contribution in [0.25, 0.3) is 0 Å². The molecule has 0 aliphatic carbocycles. The molecular formula is C31H48O18. The molecule has 18 heteroatoms. The highest BCUT2D eigenvalue weighted by molar-refractivity contribution is 5.31. The molecule has 0 unspecified atom stereocenters. The first-order chi connectivity index (χ1) is 23.1.